The quantitative estimate of drug-likeness (QED) is 0.464. The maximum atomic E-state index is 11.4. The molecule has 0 aromatic heterocycles. The number of hydrogen-bond donors (Lipinski definition) is 1. The van der Waals surface area contributed by atoms with Crippen LogP contribution < -0.4 is 5.32 Å². The van der Waals surface area contributed by atoms with Crippen molar-refractivity contribution in [3.8, 4) is 0 Å². The fraction of sp³-hybridized carbons (Fsp3) is 0.200. The van der Waals surface area contributed by atoms with Gasteiger partial charge in [0.15, 0.2) is 0 Å². The highest BCUT2D eigenvalue weighted by Crippen LogP contribution is 2.06. The summed E-state index contributed by atoms with van der Waals surface area (Å²) in [7, 11) is 0. The Balaban J connectivity index is 2.78. The zero-order chi connectivity index (χ0) is 12.1. The van der Waals surface area contributed by atoms with Crippen LogP contribution in [0.4, 0.5) is 5.69 Å². The van der Waals surface area contributed by atoms with Crippen molar-refractivity contribution in [3.63, 3.8) is 0 Å². The number of nitrogens with zero attached hydrogens (tertiary/aromatic N) is 1. The Morgan fingerprint density at radius 1 is 1.31 bits per heavy atom. The average molecular weight is 222 g/mol. The number of carbonyl (C=O) groups is 2. The number of benzene rings is 1. The first-order chi connectivity index (χ1) is 7.52. The van der Waals surface area contributed by atoms with Crippen LogP contribution >= 0.6 is 0 Å². The van der Waals surface area contributed by atoms with Gasteiger partial charge in [0, 0.05) is 17.5 Å². The molecule has 0 saturated carbocycles. The number of hydrogen-bond acceptors (Lipinski definition) is 4. The van der Waals surface area contributed by atoms with Gasteiger partial charge in [-0.3, -0.25) is 19.7 Å². The number of para-hydroxylation sites is 1. The summed E-state index contributed by atoms with van der Waals surface area (Å²) in [6.07, 6.45) is 0. The first-order valence-electron chi connectivity index (χ1n) is 4.52. The van der Waals surface area contributed by atoms with Crippen molar-refractivity contribution in [3.05, 3.63) is 40.4 Å². The molecule has 0 radical (unpaired) electrons. The molecule has 1 aromatic carbocycles. The van der Waals surface area contributed by atoms with Crippen LogP contribution in [0.5, 0.6) is 0 Å². The molecule has 1 atom stereocenters. The Bertz CT molecular complexity index is 402. The van der Waals surface area contributed by atoms with Gasteiger partial charge < -0.3 is 5.32 Å². The molecule has 6 nitrogen and oxygen atoms in total. The molecule has 6 heteroatoms. The van der Waals surface area contributed by atoms with E-state index < -0.39 is 22.7 Å². The van der Waals surface area contributed by atoms with Crippen LogP contribution in [-0.4, -0.2) is 22.7 Å². The summed E-state index contributed by atoms with van der Waals surface area (Å²) in [5.41, 5.74) is 0.417. The van der Waals surface area contributed by atoms with E-state index in [0.29, 0.717) is 5.69 Å². The number of nitrogens with one attached hydrogen (secondary N) is 1. The van der Waals surface area contributed by atoms with Crippen molar-refractivity contribution in [2.45, 2.75) is 13.0 Å². The lowest BCUT2D eigenvalue weighted by Gasteiger charge is -2.07. The van der Waals surface area contributed by atoms with Crippen LogP contribution in [0.3, 0.4) is 0 Å². The first kappa shape index (κ1) is 11.8. The number of rotatable bonds is 4. The van der Waals surface area contributed by atoms with E-state index in [-0.39, 0.29) is 0 Å². The van der Waals surface area contributed by atoms with Crippen molar-refractivity contribution < 1.29 is 14.5 Å². The van der Waals surface area contributed by atoms with Crippen molar-refractivity contribution in [1.82, 2.24) is 0 Å². The minimum absolute atomic E-state index is 0.417. The lowest BCUT2D eigenvalue weighted by atomic mass is 10.2. The molecule has 0 aliphatic carbocycles. The molecule has 0 spiro atoms. The molecule has 16 heavy (non-hydrogen) atoms. The van der Waals surface area contributed by atoms with Crippen LogP contribution in [-0.2, 0) is 9.59 Å². The van der Waals surface area contributed by atoms with Crippen LogP contribution in [0.15, 0.2) is 30.3 Å². The molecule has 0 saturated heterocycles. The van der Waals surface area contributed by atoms with Gasteiger partial charge in [-0.2, -0.15) is 0 Å². The SMILES string of the molecule is CC(=O)C(C(=O)Nc1ccccc1)[N+](=O)[O-]. The third-order valence-electron chi connectivity index (χ3n) is 1.89. The van der Waals surface area contributed by atoms with Crippen molar-refractivity contribution in [2.75, 3.05) is 5.32 Å². The van der Waals surface area contributed by atoms with Crippen LogP contribution in [0.25, 0.3) is 0 Å². The van der Waals surface area contributed by atoms with Gasteiger partial charge in [-0.25, -0.2) is 0 Å². The van der Waals surface area contributed by atoms with Crippen molar-refractivity contribution >= 4 is 17.4 Å². The van der Waals surface area contributed by atoms with Gasteiger partial charge in [-0.1, -0.05) is 18.2 Å². The predicted molar refractivity (Wildman–Crippen MR) is 56.5 cm³/mol. The fourth-order valence-corrected chi connectivity index (χ4v) is 1.16. The van der Waals surface area contributed by atoms with E-state index in [0.717, 1.165) is 6.92 Å². The van der Waals surface area contributed by atoms with E-state index in [4.69, 9.17) is 0 Å². The molecule has 0 heterocycles. The monoisotopic (exact) mass is 222 g/mol. The molecule has 0 bridgehead atoms. The number of nitro groups is 1. The third kappa shape index (κ3) is 2.88. The van der Waals surface area contributed by atoms with Crippen molar-refractivity contribution in [1.29, 1.82) is 0 Å². The highest BCUT2D eigenvalue weighted by molar-refractivity contribution is 6.08. The normalized spacial score (nSPS) is 11.6. The summed E-state index contributed by atoms with van der Waals surface area (Å²) in [4.78, 5) is 31.9. The molecule has 0 fully saturated rings. The summed E-state index contributed by atoms with van der Waals surface area (Å²) in [6.45, 7) is 1.01. The molecule has 0 aliphatic heterocycles. The van der Waals surface area contributed by atoms with Crippen LogP contribution in [0.1, 0.15) is 6.92 Å². The number of amides is 1. The molecular weight excluding hydrogens is 212 g/mol. The minimum Gasteiger partial charge on any atom is -0.320 e. The summed E-state index contributed by atoms with van der Waals surface area (Å²) >= 11 is 0. The molecule has 1 unspecified atom stereocenters. The molecule has 0 aliphatic rings. The molecule has 1 rings (SSSR count). The second kappa shape index (κ2) is 5.01. The predicted octanol–water partition coefficient (Wildman–Crippen LogP) is 0.859. The highest BCUT2D eigenvalue weighted by Gasteiger charge is 2.34. The lowest BCUT2D eigenvalue weighted by molar-refractivity contribution is -0.492. The molecule has 1 aromatic rings. The van der Waals surface area contributed by atoms with Gasteiger partial charge in [0.25, 0.3) is 0 Å². The van der Waals surface area contributed by atoms with Gasteiger partial charge in [-0.15, -0.1) is 0 Å². The zero-order valence-corrected chi connectivity index (χ0v) is 8.54. The average Bonchev–Trinajstić information content (AvgIpc) is 2.17. The molecular formula is C10H10N2O4. The van der Waals surface area contributed by atoms with E-state index in [1.54, 1.807) is 30.3 Å². The van der Waals surface area contributed by atoms with E-state index in [2.05, 4.69) is 5.32 Å². The Labute approximate surface area is 91.4 Å². The topological polar surface area (TPSA) is 89.3 Å². The van der Waals surface area contributed by atoms with Crippen molar-refractivity contribution in [2.24, 2.45) is 0 Å². The molecule has 1 N–H and O–H groups in total. The maximum Gasteiger partial charge on any atom is 0.346 e. The Morgan fingerprint density at radius 2 is 1.88 bits per heavy atom. The summed E-state index contributed by atoms with van der Waals surface area (Å²) in [5.74, 6) is -1.72. The largest absolute Gasteiger partial charge is 0.346 e. The number of anilines is 1. The zero-order valence-electron chi connectivity index (χ0n) is 8.54. The minimum atomic E-state index is -1.85. The fourth-order valence-electron chi connectivity index (χ4n) is 1.16. The van der Waals surface area contributed by atoms with E-state index in [9.17, 15) is 19.7 Å². The van der Waals surface area contributed by atoms with Crippen LogP contribution in [0.2, 0.25) is 0 Å². The Hall–Kier alpha value is -2.24. The van der Waals surface area contributed by atoms with E-state index >= 15 is 0 Å². The maximum absolute atomic E-state index is 11.4. The number of Topliss-reactive ketones (excluding diaryl/α,β-unsaturated/α-hetero) is 1. The van der Waals surface area contributed by atoms with E-state index in [1.165, 1.54) is 0 Å². The molecule has 1 amide bonds. The van der Waals surface area contributed by atoms with E-state index in [1.807, 2.05) is 0 Å². The standard InChI is InChI=1S/C10H10N2O4/c1-7(13)9(12(15)16)10(14)11-8-5-3-2-4-6-8/h2-6,9H,1H3,(H,11,14). The highest BCUT2D eigenvalue weighted by atomic mass is 16.6. The molecule has 84 valence electrons. The van der Waals surface area contributed by atoms with Gasteiger partial charge >= 0.3 is 11.9 Å². The Morgan fingerprint density at radius 3 is 2.31 bits per heavy atom. The summed E-state index contributed by atoms with van der Waals surface area (Å²) in [5, 5.41) is 12.8. The lowest BCUT2D eigenvalue weighted by Crippen LogP contribution is -2.40. The van der Waals surface area contributed by atoms with Gasteiger partial charge in [0.2, 0.25) is 5.78 Å². The first-order valence-corrected chi connectivity index (χ1v) is 4.52. The summed E-state index contributed by atoms with van der Waals surface area (Å²) < 4.78 is 0. The number of ketones is 1. The number of carbonyl (C=O) groups excluding carboxylic acids is 2. The van der Waals surface area contributed by atoms with Gasteiger partial charge in [0.1, 0.15) is 0 Å². The van der Waals surface area contributed by atoms with Gasteiger partial charge in [-0.05, 0) is 12.1 Å². The summed E-state index contributed by atoms with van der Waals surface area (Å²) in [6, 6.07) is 6.39. The smallest absolute Gasteiger partial charge is 0.320 e. The second-order valence-electron chi connectivity index (χ2n) is 3.15. The second-order valence-corrected chi connectivity index (χ2v) is 3.15. The third-order valence-corrected chi connectivity index (χ3v) is 1.89. The van der Waals surface area contributed by atoms with Crippen LogP contribution in [0, 0.1) is 10.1 Å². The Kier molecular flexibility index (Phi) is 3.71. The van der Waals surface area contributed by atoms with Gasteiger partial charge in [0.05, 0.1) is 0 Å².